The predicted molar refractivity (Wildman–Crippen MR) is 79.5 cm³/mol. The number of hydrogen-bond donors (Lipinski definition) is 0. The summed E-state index contributed by atoms with van der Waals surface area (Å²) >= 11 is 0. The molecule has 2 rings (SSSR count). The number of likely N-dealkylation sites (N-methyl/N-ethyl adjacent to an activating group) is 1. The highest BCUT2D eigenvalue weighted by Gasteiger charge is 2.48. The molecule has 0 radical (unpaired) electrons. The van der Waals surface area contributed by atoms with Crippen LogP contribution in [0.3, 0.4) is 0 Å². The molecule has 0 unspecified atom stereocenters. The van der Waals surface area contributed by atoms with Crippen LogP contribution in [0.5, 0.6) is 5.75 Å². The minimum absolute atomic E-state index is 0.137. The third-order valence-electron chi connectivity index (χ3n) is 3.39. The Morgan fingerprint density at radius 3 is 2.33 bits per heavy atom. The van der Waals surface area contributed by atoms with Gasteiger partial charge >= 0.3 is 6.09 Å². The molecular weight excluding hydrogens is 268 g/mol. The van der Waals surface area contributed by atoms with Gasteiger partial charge in [-0.15, -0.1) is 0 Å². The van der Waals surface area contributed by atoms with Crippen molar-refractivity contribution >= 4 is 12.0 Å². The van der Waals surface area contributed by atoms with Gasteiger partial charge in [-0.05, 0) is 12.1 Å². The Morgan fingerprint density at radius 2 is 1.81 bits per heavy atom. The normalized spacial score (nSPS) is 19.1. The summed E-state index contributed by atoms with van der Waals surface area (Å²) in [7, 11) is 1.67. The summed E-state index contributed by atoms with van der Waals surface area (Å²) in [5.41, 5.74) is -0.183. The molecule has 1 atom stereocenters. The van der Waals surface area contributed by atoms with Crippen LogP contribution in [-0.4, -0.2) is 35.0 Å². The highest BCUT2D eigenvalue weighted by molar-refractivity contribution is 5.99. The molecular formula is C16H20N2O3. The molecule has 1 fully saturated rings. The van der Waals surface area contributed by atoms with Gasteiger partial charge in [-0.25, -0.2) is 4.79 Å². The van der Waals surface area contributed by atoms with Crippen molar-refractivity contribution in [2.75, 3.05) is 7.05 Å². The quantitative estimate of drug-likeness (QED) is 0.747. The van der Waals surface area contributed by atoms with E-state index in [0.717, 1.165) is 0 Å². The van der Waals surface area contributed by atoms with Crippen molar-refractivity contribution in [1.29, 1.82) is 0 Å². The summed E-state index contributed by atoms with van der Waals surface area (Å²) in [4.78, 5) is 27.4. The zero-order chi connectivity index (χ0) is 15.8. The summed E-state index contributed by atoms with van der Waals surface area (Å²) in [6.45, 7) is 9.61. The van der Waals surface area contributed by atoms with Crippen LogP contribution in [0.15, 0.2) is 42.6 Å². The summed E-state index contributed by atoms with van der Waals surface area (Å²) in [5.74, 6) is 0.171. The molecule has 21 heavy (non-hydrogen) atoms. The van der Waals surface area contributed by atoms with Gasteiger partial charge in [-0.2, -0.15) is 0 Å². The number of hydrogen-bond acceptors (Lipinski definition) is 3. The van der Waals surface area contributed by atoms with E-state index in [0.29, 0.717) is 5.75 Å². The lowest BCUT2D eigenvalue weighted by molar-refractivity contribution is -0.126. The molecule has 5 heteroatoms. The van der Waals surface area contributed by atoms with Crippen molar-refractivity contribution in [1.82, 2.24) is 9.80 Å². The van der Waals surface area contributed by atoms with Crippen molar-refractivity contribution in [2.45, 2.75) is 26.9 Å². The highest BCUT2D eigenvalue weighted by atomic mass is 16.6. The minimum Gasteiger partial charge on any atom is -0.410 e. The fourth-order valence-electron chi connectivity index (χ4n) is 2.56. The lowest BCUT2D eigenvalue weighted by atomic mass is 9.91. The van der Waals surface area contributed by atoms with Crippen LogP contribution >= 0.6 is 0 Å². The first-order valence-corrected chi connectivity index (χ1v) is 6.75. The molecule has 0 aromatic heterocycles. The second-order valence-corrected chi connectivity index (χ2v) is 6.15. The largest absolute Gasteiger partial charge is 0.421 e. The summed E-state index contributed by atoms with van der Waals surface area (Å²) < 4.78 is 5.34. The van der Waals surface area contributed by atoms with Crippen molar-refractivity contribution < 1.29 is 14.3 Å². The third kappa shape index (κ3) is 2.77. The highest BCUT2D eigenvalue weighted by Crippen LogP contribution is 2.35. The van der Waals surface area contributed by atoms with Crippen molar-refractivity contribution in [3.63, 3.8) is 0 Å². The van der Waals surface area contributed by atoms with E-state index in [1.54, 1.807) is 31.3 Å². The average molecular weight is 288 g/mol. The zero-order valence-corrected chi connectivity index (χ0v) is 12.8. The van der Waals surface area contributed by atoms with Crippen molar-refractivity contribution in [3.8, 4) is 5.75 Å². The fourth-order valence-corrected chi connectivity index (χ4v) is 2.56. The molecule has 1 aliphatic rings. The van der Waals surface area contributed by atoms with Gasteiger partial charge in [0.1, 0.15) is 17.6 Å². The van der Waals surface area contributed by atoms with Crippen molar-refractivity contribution in [3.05, 3.63) is 42.6 Å². The maximum atomic E-state index is 12.4. The van der Waals surface area contributed by atoms with Crippen LogP contribution in [0.4, 0.5) is 4.79 Å². The van der Waals surface area contributed by atoms with Gasteiger partial charge in [0.15, 0.2) is 0 Å². The van der Waals surface area contributed by atoms with Gasteiger partial charge in [0.2, 0.25) is 0 Å². The van der Waals surface area contributed by atoms with E-state index >= 15 is 0 Å². The molecule has 1 heterocycles. The molecule has 1 aromatic carbocycles. The standard InChI is InChI=1S/C16H20N2O3/c1-11-13(19)17(5)14(16(2,3)4)18(11)15(20)21-12-9-7-6-8-10-12/h6-10,14H,1H2,2-5H3/t14-/m0/s1. The smallest absolute Gasteiger partial charge is 0.410 e. The van der Waals surface area contributed by atoms with E-state index in [-0.39, 0.29) is 17.0 Å². The molecule has 2 amide bonds. The first-order chi connectivity index (χ1) is 9.73. The summed E-state index contributed by atoms with van der Waals surface area (Å²) in [6, 6.07) is 8.77. The van der Waals surface area contributed by atoms with E-state index in [1.807, 2.05) is 26.8 Å². The second-order valence-electron chi connectivity index (χ2n) is 6.15. The molecule has 0 bridgehead atoms. The number of nitrogens with zero attached hydrogens (tertiary/aromatic N) is 2. The lowest BCUT2D eigenvalue weighted by Crippen LogP contribution is -2.49. The van der Waals surface area contributed by atoms with E-state index < -0.39 is 12.3 Å². The van der Waals surface area contributed by atoms with E-state index in [4.69, 9.17) is 4.74 Å². The Labute approximate surface area is 124 Å². The topological polar surface area (TPSA) is 49.9 Å². The molecule has 1 aliphatic heterocycles. The number of amides is 2. The Balaban J connectivity index is 2.29. The number of ether oxygens (including phenoxy) is 1. The molecule has 0 aliphatic carbocycles. The predicted octanol–water partition coefficient (Wildman–Crippen LogP) is 2.85. The Bertz CT molecular complexity index is 575. The summed E-state index contributed by atoms with van der Waals surface area (Å²) in [6.07, 6.45) is -1.02. The Kier molecular flexibility index (Phi) is 3.77. The Morgan fingerprint density at radius 1 is 1.24 bits per heavy atom. The van der Waals surface area contributed by atoms with E-state index in [9.17, 15) is 9.59 Å². The van der Waals surface area contributed by atoms with E-state index in [1.165, 1.54) is 9.80 Å². The Hall–Kier alpha value is -2.30. The van der Waals surface area contributed by atoms with Gasteiger partial charge in [-0.1, -0.05) is 45.5 Å². The maximum Gasteiger partial charge on any atom is 0.421 e. The van der Waals surface area contributed by atoms with Crippen LogP contribution in [0, 0.1) is 5.41 Å². The molecule has 0 saturated carbocycles. The monoisotopic (exact) mass is 288 g/mol. The molecule has 0 spiro atoms. The van der Waals surface area contributed by atoms with Crippen LogP contribution in [0.2, 0.25) is 0 Å². The summed E-state index contributed by atoms with van der Waals surface area (Å²) in [5, 5.41) is 0. The van der Waals surface area contributed by atoms with Gasteiger partial charge in [0.25, 0.3) is 5.91 Å². The van der Waals surface area contributed by atoms with Gasteiger partial charge in [0.05, 0.1) is 0 Å². The molecule has 1 aromatic rings. The van der Waals surface area contributed by atoms with Gasteiger partial charge < -0.3 is 9.64 Å². The van der Waals surface area contributed by atoms with Crippen LogP contribution in [0.25, 0.3) is 0 Å². The average Bonchev–Trinajstić information content (AvgIpc) is 2.64. The molecule has 5 nitrogen and oxygen atoms in total. The third-order valence-corrected chi connectivity index (χ3v) is 3.39. The number of rotatable bonds is 1. The number of para-hydroxylation sites is 1. The fraction of sp³-hybridized carbons (Fsp3) is 0.375. The first-order valence-electron chi connectivity index (χ1n) is 6.75. The number of carbonyl (C=O) groups is 2. The molecule has 0 N–H and O–H groups in total. The number of carbonyl (C=O) groups excluding carboxylic acids is 2. The van der Waals surface area contributed by atoms with Crippen LogP contribution in [-0.2, 0) is 4.79 Å². The molecule has 112 valence electrons. The first kappa shape index (κ1) is 15.1. The van der Waals surface area contributed by atoms with Crippen LogP contribution in [0.1, 0.15) is 20.8 Å². The lowest BCUT2D eigenvalue weighted by Gasteiger charge is -2.36. The SMILES string of the molecule is C=C1C(=O)N(C)[C@H](C(C)(C)C)N1C(=O)Oc1ccccc1. The zero-order valence-electron chi connectivity index (χ0n) is 12.8. The minimum atomic E-state index is -0.594. The van der Waals surface area contributed by atoms with Gasteiger partial charge in [-0.3, -0.25) is 9.69 Å². The van der Waals surface area contributed by atoms with Crippen LogP contribution < -0.4 is 4.74 Å². The van der Waals surface area contributed by atoms with Crippen molar-refractivity contribution in [2.24, 2.45) is 5.41 Å². The molecule has 1 saturated heterocycles. The maximum absolute atomic E-state index is 12.4. The second kappa shape index (κ2) is 5.24. The van der Waals surface area contributed by atoms with Gasteiger partial charge in [0, 0.05) is 12.5 Å². The van der Waals surface area contributed by atoms with E-state index in [2.05, 4.69) is 6.58 Å². The number of benzene rings is 1.